The number of aryl methyl sites for hydroxylation is 1. The van der Waals surface area contributed by atoms with Crippen LogP contribution in [0.4, 0.5) is 5.82 Å². The maximum Gasteiger partial charge on any atom is 0.251 e. The van der Waals surface area contributed by atoms with Crippen LogP contribution in [-0.4, -0.2) is 36.1 Å². The van der Waals surface area contributed by atoms with Gasteiger partial charge in [-0.15, -0.1) is 0 Å². The summed E-state index contributed by atoms with van der Waals surface area (Å²) in [5.74, 6) is 0.570. The first kappa shape index (κ1) is 20.9. The molecule has 6 rings (SSSR count). The number of nitriles is 1. The van der Waals surface area contributed by atoms with Crippen molar-refractivity contribution in [3.05, 3.63) is 77.7 Å². The first-order valence-electron chi connectivity index (χ1n) is 11.4. The van der Waals surface area contributed by atoms with Crippen molar-refractivity contribution in [3.63, 3.8) is 0 Å². The number of nitrogens with one attached hydrogen (secondary N) is 2. The third-order valence-electron chi connectivity index (χ3n) is 6.13. The first-order valence-corrected chi connectivity index (χ1v) is 11.4. The number of fused-ring (bicyclic) bond motifs is 3. The minimum Gasteiger partial charge on any atom is -0.363 e. The standard InChI is InChI=1S/C26H22N8O/c1-33-15-17(13-30-33)12-28-24-25-29-14-23(34(25)22-9-2-16(11-27)10-21(22)32-24)18-3-5-19(6-4-18)26(35)31-20-7-8-20/h2-6,9-10,13-15,20H,7-8,12H2,1H3,(H,28,32)(H,31,35). The summed E-state index contributed by atoms with van der Waals surface area (Å²) in [6.07, 6.45) is 7.66. The highest BCUT2D eigenvalue weighted by Crippen LogP contribution is 2.29. The van der Waals surface area contributed by atoms with Crippen molar-refractivity contribution in [1.82, 2.24) is 29.5 Å². The van der Waals surface area contributed by atoms with Crippen molar-refractivity contribution in [3.8, 4) is 17.3 Å². The van der Waals surface area contributed by atoms with Gasteiger partial charge >= 0.3 is 0 Å². The molecule has 2 aromatic carbocycles. The topological polar surface area (TPSA) is 113 Å². The summed E-state index contributed by atoms with van der Waals surface area (Å²) in [5.41, 5.74) is 6.20. The number of aromatic nitrogens is 5. The highest BCUT2D eigenvalue weighted by atomic mass is 16.1. The Bertz CT molecular complexity index is 1620. The average Bonchev–Trinajstić information content (AvgIpc) is 3.41. The summed E-state index contributed by atoms with van der Waals surface area (Å²) in [6, 6.07) is 15.5. The van der Waals surface area contributed by atoms with Crippen LogP contribution in [0.15, 0.2) is 61.1 Å². The minimum absolute atomic E-state index is 0.0437. The van der Waals surface area contributed by atoms with Crippen LogP contribution in [0.5, 0.6) is 0 Å². The number of carbonyl (C=O) groups is 1. The fourth-order valence-corrected chi connectivity index (χ4v) is 4.16. The van der Waals surface area contributed by atoms with Crippen LogP contribution in [0.3, 0.4) is 0 Å². The first-order chi connectivity index (χ1) is 17.1. The highest BCUT2D eigenvalue weighted by Gasteiger charge is 2.24. The summed E-state index contributed by atoms with van der Waals surface area (Å²) in [5, 5.41) is 20.0. The number of amides is 1. The van der Waals surface area contributed by atoms with E-state index in [2.05, 4.69) is 26.8 Å². The molecule has 0 spiro atoms. The van der Waals surface area contributed by atoms with E-state index in [9.17, 15) is 10.1 Å². The summed E-state index contributed by atoms with van der Waals surface area (Å²) in [7, 11) is 1.88. The summed E-state index contributed by atoms with van der Waals surface area (Å²) in [4.78, 5) is 21.9. The van der Waals surface area contributed by atoms with Gasteiger partial charge in [-0.2, -0.15) is 10.4 Å². The van der Waals surface area contributed by atoms with E-state index in [1.54, 1.807) is 23.0 Å². The van der Waals surface area contributed by atoms with E-state index in [0.717, 1.165) is 35.2 Å². The molecule has 0 bridgehead atoms. The predicted molar refractivity (Wildman–Crippen MR) is 132 cm³/mol. The molecule has 1 fully saturated rings. The molecule has 1 amide bonds. The van der Waals surface area contributed by atoms with Crippen LogP contribution < -0.4 is 10.6 Å². The molecule has 1 aliphatic carbocycles. The molecule has 0 saturated heterocycles. The van der Waals surface area contributed by atoms with Gasteiger partial charge in [-0.1, -0.05) is 12.1 Å². The molecule has 2 N–H and O–H groups in total. The summed E-state index contributed by atoms with van der Waals surface area (Å²) < 4.78 is 3.79. The zero-order valence-corrected chi connectivity index (χ0v) is 19.1. The maximum absolute atomic E-state index is 12.4. The second-order valence-corrected chi connectivity index (χ2v) is 8.78. The van der Waals surface area contributed by atoms with Gasteiger partial charge in [0.15, 0.2) is 11.5 Å². The van der Waals surface area contributed by atoms with Gasteiger partial charge in [-0.05, 0) is 43.2 Å². The van der Waals surface area contributed by atoms with Crippen molar-refractivity contribution in [1.29, 1.82) is 5.26 Å². The van der Waals surface area contributed by atoms with Gasteiger partial charge in [-0.25, -0.2) is 9.97 Å². The molecular weight excluding hydrogens is 440 g/mol. The molecule has 3 heterocycles. The second kappa shape index (κ2) is 8.25. The van der Waals surface area contributed by atoms with E-state index in [-0.39, 0.29) is 5.91 Å². The normalized spacial score (nSPS) is 13.1. The number of hydrogen-bond donors (Lipinski definition) is 2. The molecule has 0 atom stereocenters. The quantitative estimate of drug-likeness (QED) is 0.398. The molecule has 3 aromatic heterocycles. The Labute approximate surface area is 201 Å². The molecule has 0 unspecified atom stereocenters. The zero-order chi connectivity index (χ0) is 23.9. The minimum atomic E-state index is -0.0437. The molecular formula is C26H22N8O. The molecule has 9 heteroatoms. The van der Waals surface area contributed by atoms with E-state index < -0.39 is 0 Å². The number of benzene rings is 2. The lowest BCUT2D eigenvalue weighted by atomic mass is 10.1. The van der Waals surface area contributed by atoms with E-state index in [4.69, 9.17) is 4.98 Å². The van der Waals surface area contributed by atoms with Crippen LogP contribution in [0.1, 0.15) is 34.3 Å². The Morgan fingerprint density at radius 3 is 2.71 bits per heavy atom. The Balaban J connectivity index is 1.43. The molecule has 1 aliphatic rings. The fourth-order valence-electron chi connectivity index (χ4n) is 4.16. The Morgan fingerprint density at radius 2 is 2.00 bits per heavy atom. The number of hydrogen-bond acceptors (Lipinski definition) is 6. The number of imidazole rings is 1. The largest absolute Gasteiger partial charge is 0.363 e. The van der Waals surface area contributed by atoms with Crippen LogP contribution in [0, 0.1) is 11.3 Å². The lowest BCUT2D eigenvalue weighted by Gasteiger charge is -2.12. The Morgan fingerprint density at radius 1 is 1.17 bits per heavy atom. The number of nitrogens with zero attached hydrogens (tertiary/aromatic N) is 6. The van der Waals surface area contributed by atoms with Gasteiger partial charge in [0.2, 0.25) is 0 Å². The monoisotopic (exact) mass is 462 g/mol. The van der Waals surface area contributed by atoms with Crippen LogP contribution in [0.25, 0.3) is 27.9 Å². The number of anilines is 1. The van der Waals surface area contributed by atoms with E-state index >= 15 is 0 Å². The molecule has 9 nitrogen and oxygen atoms in total. The highest BCUT2D eigenvalue weighted by molar-refractivity contribution is 5.95. The maximum atomic E-state index is 12.4. The zero-order valence-electron chi connectivity index (χ0n) is 19.1. The predicted octanol–water partition coefficient (Wildman–Crippen LogP) is 3.66. The van der Waals surface area contributed by atoms with Crippen LogP contribution in [-0.2, 0) is 13.6 Å². The van der Waals surface area contributed by atoms with Crippen LogP contribution >= 0.6 is 0 Å². The summed E-state index contributed by atoms with van der Waals surface area (Å²) in [6.45, 7) is 0.535. The van der Waals surface area contributed by atoms with Gasteiger partial charge < -0.3 is 10.6 Å². The third-order valence-corrected chi connectivity index (χ3v) is 6.13. The summed E-state index contributed by atoms with van der Waals surface area (Å²) >= 11 is 0. The molecule has 1 saturated carbocycles. The van der Waals surface area contributed by atoms with Crippen molar-refractivity contribution < 1.29 is 4.79 Å². The molecule has 172 valence electrons. The average molecular weight is 463 g/mol. The van der Waals surface area contributed by atoms with Gasteiger partial charge in [0.25, 0.3) is 5.91 Å². The molecule has 0 aliphatic heterocycles. The smallest absolute Gasteiger partial charge is 0.251 e. The SMILES string of the molecule is Cn1cc(CNc2nc3cc(C#N)ccc3n3c(-c4ccc(C(=O)NC5CC5)cc4)cnc23)cn1. The number of rotatable bonds is 6. The molecule has 35 heavy (non-hydrogen) atoms. The lowest BCUT2D eigenvalue weighted by molar-refractivity contribution is 0.0951. The van der Waals surface area contributed by atoms with Crippen molar-refractivity contribution in [2.45, 2.75) is 25.4 Å². The van der Waals surface area contributed by atoms with E-state index in [1.807, 2.05) is 54.2 Å². The number of carbonyl (C=O) groups excluding carboxylic acids is 1. The third kappa shape index (κ3) is 3.95. The lowest BCUT2D eigenvalue weighted by Crippen LogP contribution is -2.25. The van der Waals surface area contributed by atoms with Gasteiger partial charge in [0, 0.05) is 42.5 Å². The van der Waals surface area contributed by atoms with Crippen molar-refractivity contribution in [2.24, 2.45) is 7.05 Å². The second-order valence-electron chi connectivity index (χ2n) is 8.78. The van der Waals surface area contributed by atoms with Gasteiger partial charge in [0.05, 0.1) is 40.8 Å². The fraction of sp³-hybridized carbons (Fsp3) is 0.192. The Kier molecular flexibility index (Phi) is 4.92. The van der Waals surface area contributed by atoms with Crippen LogP contribution in [0.2, 0.25) is 0 Å². The van der Waals surface area contributed by atoms with Gasteiger partial charge in [0.1, 0.15) is 0 Å². The van der Waals surface area contributed by atoms with Crippen molar-refractivity contribution >= 4 is 28.4 Å². The molecule has 0 radical (unpaired) electrons. The van der Waals surface area contributed by atoms with Crippen molar-refractivity contribution in [2.75, 3.05) is 5.32 Å². The van der Waals surface area contributed by atoms with Gasteiger partial charge in [-0.3, -0.25) is 13.9 Å². The van der Waals surface area contributed by atoms with E-state index in [0.29, 0.717) is 40.7 Å². The molecule has 5 aromatic rings. The Hall–Kier alpha value is -4.71. The van der Waals surface area contributed by atoms with E-state index in [1.165, 1.54) is 0 Å².